The number of carbonyl (C=O) groups excluding carboxylic acids is 1. The van der Waals surface area contributed by atoms with Gasteiger partial charge in [-0.3, -0.25) is 4.90 Å². The fourth-order valence-electron chi connectivity index (χ4n) is 3.53. The van der Waals surface area contributed by atoms with Gasteiger partial charge in [-0.1, -0.05) is 75.9 Å². The van der Waals surface area contributed by atoms with Crippen molar-refractivity contribution in [2.75, 3.05) is 18.5 Å². The van der Waals surface area contributed by atoms with Gasteiger partial charge in [0.2, 0.25) is 5.83 Å². The molecule has 0 aliphatic carbocycles. The second kappa shape index (κ2) is 12.6. The zero-order chi connectivity index (χ0) is 23.5. The predicted molar refractivity (Wildman–Crippen MR) is 128 cm³/mol. The molecule has 32 heavy (non-hydrogen) atoms. The molecule has 0 heterocycles. The number of hydrogen-bond donors (Lipinski definition) is 2. The Bertz CT molecular complexity index is 938. The number of rotatable bonds is 11. The number of urea groups is 1. The summed E-state index contributed by atoms with van der Waals surface area (Å²) in [5.41, 5.74) is 3.29. The van der Waals surface area contributed by atoms with E-state index in [2.05, 4.69) is 12.2 Å². The van der Waals surface area contributed by atoms with Crippen LogP contribution in [-0.2, 0) is 4.79 Å². The highest BCUT2D eigenvalue weighted by Crippen LogP contribution is 2.28. The van der Waals surface area contributed by atoms with Gasteiger partial charge in [0, 0.05) is 24.9 Å². The Labute approximate surface area is 190 Å². The second-order valence-electron chi connectivity index (χ2n) is 7.78. The first kappa shape index (κ1) is 25.1. The lowest BCUT2D eigenvalue weighted by Crippen LogP contribution is -2.37. The Balaban J connectivity index is 2.08. The molecule has 5 nitrogen and oxygen atoms in total. The number of aliphatic carboxylic acids is 1. The molecule has 0 atom stereocenters. The van der Waals surface area contributed by atoms with Gasteiger partial charge in [-0.2, -0.15) is 4.39 Å². The van der Waals surface area contributed by atoms with Crippen molar-refractivity contribution in [2.45, 2.75) is 52.4 Å². The molecular formula is C26H33FN2O3. The number of nitrogens with one attached hydrogen (secondary N) is 1. The fourth-order valence-corrected chi connectivity index (χ4v) is 3.53. The molecule has 6 heteroatoms. The molecule has 2 amide bonds. The quantitative estimate of drug-likeness (QED) is 0.304. The van der Waals surface area contributed by atoms with Gasteiger partial charge in [0.25, 0.3) is 0 Å². The normalized spacial score (nSPS) is 11.6. The average molecular weight is 441 g/mol. The molecule has 0 aliphatic heterocycles. The fraction of sp³-hybridized carbons (Fsp3) is 0.385. The topological polar surface area (TPSA) is 69.6 Å². The Morgan fingerprint density at radius 2 is 1.66 bits per heavy atom. The molecule has 0 unspecified atom stereocenters. The third kappa shape index (κ3) is 6.94. The van der Waals surface area contributed by atoms with Crippen LogP contribution < -0.4 is 10.2 Å². The first-order valence-electron chi connectivity index (χ1n) is 11.2. The first-order chi connectivity index (χ1) is 15.4. The third-order valence-electron chi connectivity index (χ3n) is 5.47. The van der Waals surface area contributed by atoms with Crippen molar-refractivity contribution in [1.82, 2.24) is 5.32 Å². The molecule has 0 saturated heterocycles. The van der Waals surface area contributed by atoms with Crippen LogP contribution in [0.3, 0.4) is 0 Å². The molecule has 2 N–H and O–H groups in total. The first-order valence-corrected chi connectivity index (χ1v) is 11.2. The molecule has 2 rings (SSSR count). The van der Waals surface area contributed by atoms with E-state index >= 15 is 0 Å². The van der Waals surface area contributed by atoms with Crippen molar-refractivity contribution in [3.63, 3.8) is 0 Å². The summed E-state index contributed by atoms with van der Waals surface area (Å²) in [6.45, 7) is 4.56. The lowest BCUT2D eigenvalue weighted by atomic mass is 9.98. The van der Waals surface area contributed by atoms with E-state index in [1.807, 2.05) is 36.4 Å². The van der Waals surface area contributed by atoms with Crippen molar-refractivity contribution in [3.05, 3.63) is 59.9 Å². The van der Waals surface area contributed by atoms with Crippen molar-refractivity contribution in [1.29, 1.82) is 0 Å². The maximum Gasteiger partial charge on any atom is 0.365 e. The van der Waals surface area contributed by atoms with E-state index in [1.54, 1.807) is 31.0 Å². The summed E-state index contributed by atoms with van der Waals surface area (Å²) in [4.78, 5) is 25.0. The van der Waals surface area contributed by atoms with Crippen LogP contribution in [0.4, 0.5) is 14.9 Å². The lowest BCUT2D eigenvalue weighted by molar-refractivity contribution is -0.134. The van der Waals surface area contributed by atoms with E-state index in [1.165, 1.54) is 19.3 Å². The van der Waals surface area contributed by atoms with E-state index < -0.39 is 11.8 Å². The molecule has 0 spiro atoms. The van der Waals surface area contributed by atoms with Crippen molar-refractivity contribution < 1.29 is 19.1 Å². The number of carbonyl (C=O) groups is 2. The van der Waals surface area contributed by atoms with E-state index in [9.17, 15) is 14.0 Å². The molecule has 0 aromatic heterocycles. The van der Waals surface area contributed by atoms with Crippen LogP contribution >= 0.6 is 0 Å². The van der Waals surface area contributed by atoms with Gasteiger partial charge in [-0.25, -0.2) is 9.59 Å². The highest BCUT2D eigenvalue weighted by molar-refractivity contribution is 5.94. The van der Waals surface area contributed by atoms with Crippen molar-refractivity contribution in [3.8, 4) is 11.1 Å². The predicted octanol–water partition coefficient (Wildman–Crippen LogP) is 6.65. The number of halogens is 1. The highest BCUT2D eigenvalue weighted by atomic mass is 19.1. The summed E-state index contributed by atoms with van der Waals surface area (Å²) >= 11 is 0. The molecule has 0 fully saturated rings. The molecule has 0 saturated carbocycles. The van der Waals surface area contributed by atoms with Gasteiger partial charge in [0.05, 0.1) is 0 Å². The number of benzene rings is 2. The van der Waals surface area contributed by atoms with E-state index in [0.29, 0.717) is 12.1 Å². The summed E-state index contributed by atoms with van der Waals surface area (Å²) in [6, 6.07) is 14.6. The van der Waals surface area contributed by atoms with Crippen LogP contribution in [0, 0.1) is 0 Å². The Hall–Kier alpha value is -3.15. The van der Waals surface area contributed by atoms with Gasteiger partial charge in [-0.05, 0) is 41.7 Å². The number of hydrogen-bond acceptors (Lipinski definition) is 2. The summed E-state index contributed by atoms with van der Waals surface area (Å²) in [6.07, 6.45) is 6.00. The van der Waals surface area contributed by atoms with Gasteiger partial charge < -0.3 is 10.4 Å². The minimum Gasteiger partial charge on any atom is -0.476 e. The number of allylic oxidation sites excluding steroid dienone is 1. The molecule has 2 aromatic rings. The smallest absolute Gasteiger partial charge is 0.365 e. The molecular weight excluding hydrogens is 407 g/mol. The monoisotopic (exact) mass is 440 g/mol. The maximum absolute atomic E-state index is 13.9. The largest absolute Gasteiger partial charge is 0.476 e. The Morgan fingerprint density at radius 1 is 0.969 bits per heavy atom. The Morgan fingerprint density at radius 3 is 2.28 bits per heavy atom. The van der Waals surface area contributed by atoms with E-state index in [-0.39, 0.29) is 18.0 Å². The van der Waals surface area contributed by atoms with Gasteiger partial charge in [-0.15, -0.1) is 0 Å². The number of amides is 2. The number of anilines is 1. The standard InChI is InChI=1S/C26H33FN2O3/c1-4-6-7-8-9-17-28-26(32)29(3)22-12-10-11-21(18-22)19-13-15-20(16-14-19)23(5-2)24(27)25(30)31/h10-16,18H,4-9,17H2,1-3H3,(H,28,32)(H,30,31). The number of carboxylic acids is 1. The molecule has 172 valence electrons. The van der Waals surface area contributed by atoms with Crippen molar-refractivity contribution in [2.24, 2.45) is 0 Å². The van der Waals surface area contributed by atoms with Crippen LogP contribution in [-0.4, -0.2) is 30.7 Å². The van der Waals surface area contributed by atoms with Gasteiger partial charge in [0.15, 0.2) is 0 Å². The summed E-state index contributed by atoms with van der Waals surface area (Å²) in [5, 5.41) is 11.9. The van der Waals surface area contributed by atoms with E-state index in [0.717, 1.165) is 29.7 Å². The lowest BCUT2D eigenvalue weighted by Gasteiger charge is -2.19. The minimum atomic E-state index is -1.55. The van der Waals surface area contributed by atoms with Crippen LogP contribution in [0.5, 0.6) is 0 Å². The van der Waals surface area contributed by atoms with Crippen LogP contribution in [0.15, 0.2) is 54.4 Å². The zero-order valence-electron chi connectivity index (χ0n) is 19.2. The van der Waals surface area contributed by atoms with Gasteiger partial charge >= 0.3 is 12.0 Å². The maximum atomic E-state index is 13.9. The van der Waals surface area contributed by atoms with Crippen LogP contribution in [0.2, 0.25) is 0 Å². The summed E-state index contributed by atoms with van der Waals surface area (Å²) in [5.74, 6) is -2.68. The second-order valence-corrected chi connectivity index (χ2v) is 7.78. The summed E-state index contributed by atoms with van der Waals surface area (Å²) in [7, 11) is 1.74. The Kier molecular flexibility index (Phi) is 9.92. The highest BCUT2D eigenvalue weighted by Gasteiger charge is 2.15. The molecule has 0 radical (unpaired) electrons. The van der Waals surface area contributed by atoms with Crippen LogP contribution in [0.1, 0.15) is 57.9 Å². The average Bonchev–Trinajstić information content (AvgIpc) is 2.81. The summed E-state index contributed by atoms with van der Waals surface area (Å²) < 4.78 is 13.9. The number of unbranched alkanes of at least 4 members (excludes halogenated alkanes) is 4. The molecule has 0 bridgehead atoms. The van der Waals surface area contributed by atoms with E-state index in [4.69, 9.17) is 5.11 Å². The molecule has 0 aliphatic rings. The van der Waals surface area contributed by atoms with Crippen molar-refractivity contribution >= 4 is 23.3 Å². The minimum absolute atomic E-state index is 0.144. The SMILES string of the molecule is CCCCCCCNC(=O)N(C)c1cccc(-c2ccc(C(CC)=C(F)C(=O)O)cc2)c1. The van der Waals surface area contributed by atoms with Crippen LogP contribution in [0.25, 0.3) is 16.7 Å². The molecule has 2 aromatic carbocycles. The number of carboxylic acid groups (broad SMARTS) is 1. The number of nitrogens with zero attached hydrogens (tertiary/aromatic N) is 1. The third-order valence-corrected chi connectivity index (χ3v) is 5.47. The van der Waals surface area contributed by atoms with Gasteiger partial charge in [0.1, 0.15) is 0 Å². The zero-order valence-corrected chi connectivity index (χ0v) is 19.2.